The lowest BCUT2D eigenvalue weighted by atomic mass is 9.79. The zero-order chi connectivity index (χ0) is 40.4. The van der Waals surface area contributed by atoms with E-state index in [1.807, 2.05) is 19.9 Å². The topological polar surface area (TPSA) is 200 Å². The molecule has 15 nitrogen and oxygen atoms in total. The van der Waals surface area contributed by atoms with E-state index in [1.165, 1.54) is 20.3 Å². The summed E-state index contributed by atoms with van der Waals surface area (Å²) in [4.78, 5) is 40.8. The maximum atomic E-state index is 13.6. The van der Waals surface area contributed by atoms with Crippen molar-refractivity contribution >= 4 is 18.0 Å². The SMILES string of the molecule is CC[C@H]1OC(=O)C[C@@H](O)[C@H](C)[C@@H](O[C@@H]2O[C@H](C)[C@@H](O)[C@H](N(C)C)[C@H]2O)[C@@H](CC=O)C[C@@H](C)C(=O)/C=C/C(C)=C/[C@@H]1CO[C@H]1O[C@@H](C)[C@H](O)[C@H](OC)[C@@H]1OC. The van der Waals surface area contributed by atoms with E-state index in [-0.39, 0.29) is 25.2 Å². The Morgan fingerprint density at radius 3 is 2.11 bits per heavy atom. The molecular formula is C39H65NO14. The predicted molar refractivity (Wildman–Crippen MR) is 196 cm³/mol. The Morgan fingerprint density at radius 2 is 1.52 bits per heavy atom. The van der Waals surface area contributed by atoms with Crippen LogP contribution in [0.15, 0.2) is 23.8 Å². The van der Waals surface area contributed by atoms with Crippen LogP contribution < -0.4 is 0 Å². The van der Waals surface area contributed by atoms with E-state index >= 15 is 0 Å². The molecule has 17 atom stereocenters. The molecule has 0 aromatic carbocycles. The molecule has 3 rings (SSSR count). The van der Waals surface area contributed by atoms with E-state index in [1.54, 1.807) is 52.8 Å². The molecule has 3 aliphatic heterocycles. The number of cyclic esters (lactones) is 1. The molecule has 0 unspecified atom stereocenters. The number of aliphatic hydroxyl groups excluding tert-OH is 4. The molecule has 3 heterocycles. The number of allylic oxidation sites excluding steroid dienone is 3. The number of carbonyl (C=O) groups excluding carboxylic acids is 3. The average Bonchev–Trinajstić information content (AvgIpc) is 3.12. The zero-order valence-corrected chi connectivity index (χ0v) is 33.5. The lowest BCUT2D eigenvalue weighted by Crippen LogP contribution is -2.63. The minimum atomic E-state index is -1.31. The molecule has 0 amide bonds. The predicted octanol–water partition coefficient (Wildman–Crippen LogP) is 1.56. The fourth-order valence-electron chi connectivity index (χ4n) is 7.76. The van der Waals surface area contributed by atoms with Crippen molar-refractivity contribution in [2.75, 3.05) is 34.9 Å². The van der Waals surface area contributed by atoms with Crippen molar-refractivity contribution in [1.29, 1.82) is 0 Å². The number of aliphatic hydroxyl groups is 4. The van der Waals surface area contributed by atoms with Crippen LogP contribution in [-0.4, -0.2) is 158 Å². The summed E-state index contributed by atoms with van der Waals surface area (Å²) >= 11 is 0. The van der Waals surface area contributed by atoms with Crippen LogP contribution in [0.5, 0.6) is 0 Å². The van der Waals surface area contributed by atoms with Gasteiger partial charge in [-0.05, 0) is 59.7 Å². The van der Waals surface area contributed by atoms with Gasteiger partial charge in [-0.2, -0.15) is 0 Å². The summed E-state index contributed by atoms with van der Waals surface area (Å²) in [5, 5.41) is 44.2. The van der Waals surface area contributed by atoms with Crippen LogP contribution in [0.25, 0.3) is 0 Å². The molecule has 0 aliphatic carbocycles. The molecule has 4 N–H and O–H groups in total. The van der Waals surface area contributed by atoms with E-state index in [9.17, 15) is 34.8 Å². The number of likely N-dealkylation sites (N-methyl/N-ethyl adjacent to an activating group) is 1. The molecule has 2 fully saturated rings. The summed E-state index contributed by atoms with van der Waals surface area (Å²) in [6, 6.07) is -0.740. The van der Waals surface area contributed by atoms with Crippen molar-refractivity contribution in [2.24, 2.45) is 23.7 Å². The summed E-state index contributed by atoms with van der Waals surface area (Å²) < 4.78 is 41.6. The number of rotatable bonds is 11. The van der Waals surface area contributed by atoms with Crippen molar-refractivity contribution in [3.8, 4) is 0 Å². The van der Waals surface area contributed by atoms with Gasteiger partial charge in [0, 0.05) is 38.4 Å². The highest BCUT2D eigenvalue weighted by molar-refractivity contribution is 5.91. The van der Waals surface area contributed by atoms with Gasteiger partial charge in [0.2, 0.25) is 0 Å². The lowest BCUT2D eigenvalue weighted by molar-refractivity contribution is -0.304. The minimum Gasteiger partial charge on any atom is -0.462 e. The van der Waals surface area contributed by atoms with Crippen LogP contribution in [0, 0.1) is 23.7 Å². The summed E-state index contributed by atoms with van der Waals surface area (Å²) in [5.74, 6) is -3.37. The summed E-state index contributed by atoms with van der Waals surface area (Å²) in [7, 11) is 6.36. The second-order valence-corrected chi connectivity index (χ2v) is 15.4. The van der Waals surface area contributed by atoms with Crippen molar-refractivity contribution in [2.45, 2.75) is 147 Å². The largest absolute Gasteiger partial charge is 0.462 e. The molecule has 310 valence electrons. The maximum absolute atomic E-state index is 13.6. The van der Waals surface area contributed by atoms with Crippen LogP contribution >= 0.6 is 0 Å². The highest BCUT2D eigenvalue weighted by Gasteiger charge is 2.48. The summed E-state index contributed by atoms with van der Waals surface area (Å²) in [6.07, 6.45) is -5.36. The molecule has 0 spiro atoms. The first kappa shape index (κ1) is 46.2. The summed E-state index contributed by atoms with van der Waals surface area (Å²) in [5.41, 5.74) is 0.701. The number of carbonyl (C=O) groups is 3. The van der Waals surface area contributed by atoms with E-state index < -0.39 is 116 Å². The van der Waals surface area contributed by atoms with Crippen LogP contribution in [0.2, 0.25) is 0 Å². The fraction of sp³-hybridized carbons (Fsp3) is 0.821. The smallest absolute Gasteiger partial charge is 0.308 e. The zero-order valence-electron chi connectivity index (χ0n) is 33.5. The lowest BCUT2D eigenvalue weighted by Gasteiger charge is -2.46. The molecular weight excluding hydrogens is 706 g/mol. The highest BCUT2D eigenvalue weighted by atomic mass is 16.7. The third-order valence-corrected chi connectivity index (χ3v) is 11.1. The van der Waals surface area contributed by atoms with E-state index in [0.717, 1.165) is 6.29 Å². The summed E-state index contributed by atoms with van der Waals surface area (Å²) in [6.45, 7) is 10.5. The Labute approximate surface area is 319 Å². The van der Waals surface area contributed by atoms with Gasteiger partial charge in [0.1, 0.15) is 36.8 Å². The molecule has 0 radical (unpaired) electrons. The van der Waals surface area contributed by atoms with E-state index in [2.05, 4.69) is 0 Å². The molecule has 0 bridgehead atoms. The van der Waals surface area contributed by atoms with Gasteiger partial charge in [-0.15, -0.1) is 0 Å². The molecule has 2 saturated heterocycles. The average molecular weight is 772 g/mol. The Kier molecular flexibility index (Phi) is 18.3. The van der Waals surface area contributed by atoms with Crippen molar-refractivity contribution < 1.29 is 68.0 Å². The number of ketones is 1. The van der Waals surface area contributed by atoms with E-state index in [4.69, 9.17) is 33.2 Å². The third kappa shape index (κ3) is 11.7. The van der Waals surface area contributed by atoms with Crippen molar-refractivity contribution in [3.63, 3.8) is 0 Å². The van der Waals surface area contributed by atoms with Gasteiger partial charge in [0.25, 0.3) is 0 Å². The van der Waals surface area contributed by atoms with Gasteiger partial charge >= 0.3 is 5.97 Å². The number of esters is 1. The maximum Gasteiger partial charge on any atom is 0.308 e. The highest BCUT2D eigenvalue weighted by Crippen LogP contribution is 2.35. The first-order valence-electron chi connectivity index (χ1n) is 19.0. The normalized spacial score (nSPS) is 43.6. The quantitative estimate of drug-likeness (QED) is 0.174. The number of hydrogen-bond acceptors (Lipinski definition) is 15. The number of ether oxygens (including phenoxy) is 7. The molecule has 15 heteroatoms. The van der Waals surface area contributed by atoms with Gasteiger partial charge in [0.05, 0.1) is 49.6 Å². The number of hydrogen-bond donors (Lipinski definition) is 4. The Balaban J connectivity index is 1.96. The minimum absolute atomic E-state index is 0.0120. The molecule has 3 aliphatic rings. The van der Waals surface area contributed by atoms with Gasteiger partial charge in [-0.25, -0.2) is 0 Å². The van der Waals surface area contributed by atoms with Crippen LogP contribution in [0.1, 0.15) is 67.2 Å². The van der Waals surface area contributed by atoms with Crippen molar-refractivity contribution in [1.82, 2.24) is 4.90 Å². The second kappa shape index (κ2) is 21.4. The van der Waals surface area contributed by atoms with Crippen LogP contribution in [0.3, 0.4) is 0 Å². The monoisotopic (exact) mass is 771 g/mol. The first-order valence-corrected chi connectivity index (χ1v) is 19.0. The molecule has 0 aromatic heterocycles. The standard InChI is InChI=1S/C39H65NO14/c1-11-29-26(19-50-39-37(49-10)36(48-9)33(46)24(6)52-39)16-20(2)12-13-27(42)21(3)17-25(14-15-41)35(22(4)28(43)18-30(44)53-29)54-38-34(47)31(40(7)8)32(45)23(5)51-38/h12-13,15-16,21-26,28-29,31-39,43,45-47H,11,14,17-19H2,1-10H3/b13-12+,20-16+/t21-,22+,23-,24+,25+,26-,28-,29-,31+,32-,33+,34-,35-,36+,37+,38+,39+/m1/s1. The van der Waals surface area contributed by atoms with E-state index in [0.29, 0.717) is 12.0 Å². The molecule has 0 saturated carbocycles. The van der Waals surface area contributed by atoms with Crippen molar-refractivity contribution in [3.05, 3.63) is 23.8 Å². The molecule has 0 aromatic rings. The van der Waals surface area contributed by atoms with Gasteiger partial charge in [-0.1, -0.05) is 38.5 Å². The fourth-order valence-corrected chi connectivity index (χ4v) is 7.76. The van der Waals surface area contributed by atoms with Crippen LogP contribution in [0.4, 0.5) is 0 Å². The number of methoxy groups -OCH3 is 2. The van der Waals surface area contributed by atoms with Gasteiger partial charge in [0.15, 0.2) is 18.4 Å². The third-order valence-electron chi connectivity index (χ3n) is 11.1. The first-order chi connectivity index (χ1) is 25.5. The number of nitrogens with zero attached hydrogens (tertiary/aromatic N) is 1. The van der Waals surface area contributed by atoms with Gasteiger partial charge in [-0.3, -0.25) is 9.59 Å². The second-order valence-electron chi connectivity index (χ2n) is 15.4. The van der Waals surface area contributed by atoms with Gasteiger partial charge < -0.3 is 63.3 Å². The van der Waals surface area contributed by atoms with Crippen LogP contribution in [-0.2, 0) is 47.5 Å². The Hall–Kier alpha value is -2.15. The Bertz CT molecular complexity index is 1260. The number of aldehydes is 1. The Morgan fingerprint density at radius 1 is 0.889 bits per heavy atom. The molecule has 54 heavy (non-hydrogen) atoms.